The first-order valence-corrected chi connectivity index (χ1v) is 29.0. The second-order valence-corrected chi connectivity index (χ2v) is 19.5. The Morgan fingerprint density at radius 1 is 0.288 bits per heavy atom. The minimum atomic E-state index is -0.778. The van der Waals surface area contributed by atoms with Crippen molar-refractivity contribution in [2.24, 2.45) is 0 Å². The molecule has 0 aromatic carbocycles. The predicted molar refractivity (Wildman–Crippen MR) is 284 cm³/mol. The standard InChI is InChI=1S/C60H110O6/c1-4-7-10-13-16-19-22-25-27-29-30-32-33-35-38-41-44-47-50-53-59(62)65-56-57(55-64-58(61)52-49-46-43-40-37-24-21-18-15-12-9-6-3)66-60(63)54-51-48-45-42-39-36-34-31-28-26-23-20-17-14-11-8-5-2/h18,21,26,28-30,57H,4-17,19-20,22-25,27,31-56H2,1-3H3/b21-18-,28-26-,30-29-. The van der Waals surface area contributed by atoms with E-state index >= 15 is 0 Å². The predicted octanol–water partition coefficient (Wildman–Crippen LogP) is 19.3. The molecule has 0 aliphatic heterocycles. The van der Waals surface area contributed by atoms with Gasteiger partial charge in [-0.3, -0.25) is 14.4 Å². The van der Waals surface area contributed by atoms with Gasteiger partial charge in [0.2, 0.25) is 0 Å². The lowest BCUT2D eigenvalue weighted by molar-refractivity contribution is -0.167. The van der Waals surface area contributed by atoms with Crippen LogP contribution in [0.25, 0.3) is 0 Å². The highest BCUT2D eigenvalue weighted by Crippen LogP contribution is 2.16. The molecule has 0 aromatic rings. The Hall–Kier alpha value is -2.37. The van der Waals surface area contributed by atoms with Gasteiger partial charge in [0.15, 0.2) is 6.10 Å². The zero-order chi connectivity index (χ0) is 47.9. The van der Waals surface area contributed by atoms with Gasteiger partial charge in [0.1, 0.15) is 13.2 Å². The van der Waals surface area contributed by atoms with Crippen LogP contribution in [0, 0.1) is 0 Å². The van der Waals surface area contributed by atoms with Gasteiger partial charge in [-0.05, 0) is 96.3 Å². The highest BCUT2D eigenvalue weighted by Gasteiger charge is 2.19. The number of carbonyl (C=O) groups is 3. The van der Waals surface area contributed by atoms with Crippen molar-refractivity contribution >= 4 is 17.9 Å². The smallest absolute Gasteiger partial charge is 0.306 e. The van der Waals surface area contributed by atoms with E-state index in [0.29, 0.717) is 19.3 Å². The summed E-state index contributed by atoms with van der Waals surface area (Å²) in [7, 11) is 0. The van der Waals surface area contributed by atoms with E-state index in [9.17, 15) is 14.4 Å². The van der Waals surface area contributed by atoms with Crippen molar-refractivity contribution in [1.29, 1.82) is 0 Å². The lowest BCUT2D eigenvalue weighted by Crippen LogP contribution is -2.30. The van der Waals surface area contributed by atoms with E-state index in [2.05, 4.69) is 57.2 Å². The third kappa shape index (κ3) is 52.6. The van der Waals surface area contributed by atoms with Crippen molar-refractivity contribution in [2.45, 2.75) is 316 Å². The van der Waals surface area contributed by atoms with Crippen LogP contribution < -0.4 is 0 Å². The first-order valence-electron chi connectivity index (χ1n) is 29.0. The fraction of sp³-hybridized carbons (Fsp3) is 0.850. The van der Waals surface area contributed by atoms with Crippen LogP contribution in [0.3, 0.4) is 0 Å². The number of hydrogen-bond acceptors (Lipinski definition) is 6. The summed E-state index contributed by atoms with van der Waals surface area (Å²) in [6.45, 7) is 6.63. The molecule has 0 aromatic heterocycles. The van der Waals surface area contributed by atoms with Crippen LogP contribution in [0.2, 0.25) is 0 Å². The van der Waals surface area contributed by atoms with Crippen LogP contribution in [0.15, 0.2) is 36.5 Å². The fourth-order valence-corrected chi connectivity index (χ4v) is 8.43. The van der Waals surface area contributed by atoms with Crippen LogP contribution in [0.4, 0.5) is 0 Å². The van der Waals surface area contributed by atoms with Crippen molar-refractivity contribution < 1.29 is 28.6 Å². The summed E-state index contributed by atoms with van der Waals surface area (Å²) in [5, 5.41) is 0. The molecule has 0 spiro atoms. The molecule has 0 saturated heterocycles. The van der Waals surface area contributed by atoms with Gasteiger partial charge >= 0.3 is 17.9 Å². The number of ether oxygens (including phenoxy) is 3. The quantitative estimate of drug-likeness (QED) is 0.0262. The van der Waals surface area contributed by atoms with Gasteiger partial charge in [-0.25, -0.2) is 0 Å². The maximum Gasteiger partial charge on any atom is 0.306 e. The minimum Gasteiger partial charge on any atom is -0.462 e. The molecular weight excluding hydrogens is 817 g/mol. The van der Waals surface area contributed by atoms with Crippen molar-refractivity contribution in [3.8, 4) is 0 Å². The van der Waals surface area contributed by atoms with Gasteiger partial charge in [0.05, 0.1) is 0 Å². The maximum absolute atomic E-state index is 12.8. The van der Waals surface area contributed by atoms with Crippen molar-refractivity contribution in [2.75, 3.05) is 13.2 Å². The summed E-state index contributed by atoms with van der Waals surface area (Å²) in [4.78, 5) is 38.1. The molecule has 386 valence electrons. The zero-order valence-electron chi connectivity index (χ0n) is 44.2. The summed E-state index contributed by atoms with van der Waals surface area (Å²) in [5.74, 6) is -0.880. The van der Waals surface area contributed by atoms with Crippen LogP contribution in [-0.2, 0) is 28.6 Å². The van der Waals surface area contributed by atoms with E-state index in [1.165, 1.54) is 205 Å². The molecule has 0 amide bonds. The summed E-state index contributed by atoms with van der Waals surface area (Å²) >= 11 is 0. The Bertz CT molecular complexity index is 1110. The Morgan fingerprint density at radius 2 is 0.500 bits per heavy atom. The molecule has 0 fully saturated rings. The average Bonchev–Trinajstić information content (AvgIpc) is 3.31. The van der Waals surface area contributed by atoms with Crippen molar-refractivity contribution in [3.05, 3.63) is 36.5 Å². The highest BCUT2D eigenvalue weighted by atomic mass is 16.6. The van der Waals surface area contributed by atoms with Crippen LogP contribution in [0.5, 0.6) is 0 Å². The molecule has 6 heteroatoms. The van der Waals surface area contributed by atoms with Gasteiger partial charge in [-0.1, -0.05) is 231 Å². The maximum atomic E-state index is 12.8. The van der Waals surface area contributed by atoms with E-state index in [4.69, 9.17) is 14.2 Å². The minimum absolute atomic E-state index is 0.0767. The van der Waals surface area contributed by atoms with Gasteiger partial charge in [-0.15, -0.1) is 0 Å². The normalized spacial score (nSPS) is 12.2. The first kappa shape index (κ1) is 63.6. The van der Waals surface area contributed by atoms with Gasteiger partial charge in [0.25, 0.3) is 0 Å². The Labute approximate surface area is 410 Å². The third-order valence-electron chi connectivity index (χ3n) is 12.8. The molecule has 0 aliphatic rings. The zero-order valence-corrected chi connectivity index (χ0v) is 44.2. The molecule has 0 saturated carbocycles. The number of esters is 3. The number of unbranched alkanes of at least 4 members (excludes halogenated alkanes) is 36. The summed E-state index contributed by atoms with van der Waals surface area (Å²) in [6, 6.07) is 0. The number of rotatable bonds is 53. The molecule has 0 rings (SSSR count). The van der Waals surface area contributed by atoms with Gasteiger partial charge < -0.3 is 14.2 Å². The third-order valence-corrected chi connectivity index (χ3v) is 12.8. The van der Waals surface area contributed by atoms with Gasteiger partial charge in [0, 0.05) is 19.3 Å². The van der Waals surface area contributed by atoms with Crippen LogP contribution >= 0.6 is 0 Å². The topological polar surface area (TPSA) is 78.9 Å². The van der Waals surface area contributed by atoms with E-state index in [-0.39, 0.29) is 31.1 Å². The SMILES string of the molecule is CCCCC/C=C\CCCCCCCC(=O)OCC(COC(=O)CCCCCCCCC/C=C\CCCCCCCCCC)OC(=O)CCCCCCCCC/C=C\CCCCCCCC. The Morgan fingerprint density at radius 3 is 0.788 bits per heavy atom. The second kappa shape index (κ2) is 55.2. The van der Waals surface area contributed by atoms with Crippen LogP contribution in [0.1, 0.15) is 310 Å². The molecule has 1 unspecified atom stereocenters. The molecule has 0 heterocycles. The average molecular weight is 928 g/mol. The number of hydrogen-bond donors (Lipinski definition) is 0. The summed E-state index contributed by atoms with van der Waals surface area (Å²) < 4.78 is 16.9. The monoisotopic (exact) mass is 927 g/mol. The molecular formula is C60H110O6. The largest absolute Gasteiger partial charge is 0.462 e. The molecule has 66 heavy (non-hydrogen) atoms. The molecule has 0 N–H and O–H groups in total. The van der Waals surface area contributed by atoms with Gasteiger partial charge in [-0.2, -0.15) is 0 Å². The van der Waals surface area contributed by atoms with Crippen molar-refractivity contribution in [1.82, 2.24) is 0 Å². The molecule has 0 aliphatic carbocycles. The molecule has 0 bridgehead atoms. The number of carbonyl (C=O) groups excluding carboxylic acids is 3. The molecule has 0 radical (unpaired) electrons. The second-order valence-electron chi connectivity index (χ2n) is 19.5. The van der Waals surface area contributed by atoms with E-state index in [1.54, 1.807) is 0 Å². The van der Waals surface area contributed by atoms with E-state index < -0.39 is 6.10 Å². The van der Waals surface area contributed by atoms with E-state index in [0.717, 1.165) is 64.2 Å². The lowest BCUT2D eigenvalue weighted by atomic mass is 10.1. The Balaban J connectivity index is 4.33. The molecule has 1 atom stereocenters. The first-order chi connectivity index (χ1) is 32.5. The van der Waals surface area contributed by atoms with Crippen LogP contribution in [-0.4, -0.2) is 37.2 Å². The summed E-state index contributed by atoms with van der Waals surface area (Å²) in [5.41, 5.74) is 0. The van der Waals surface area contributed by atoms with E-state index in [1.807, 2.05) is 0 Å². The van der Waals surface area contributed by atoms with Crippen molar-refractivity contribution in [3.63, 3.8) is 0 Å². The fourth-order valence-electron chi connectivity index (χ4n) is 8.43. The highest BCUT2D eigenvalue weighted by molar-refractivity contribution is 5.71. The lowest BCUT2D eigenvalue weighted by Gasteiger charge is -2.18. The Kier molecular flexibility index (Phi) is 53.2. The molecule has 6 nitrogen and oxygen atoms in total. The summed E-state index contributed by atoms with van der Waals surface area (Å²) in [6.07, 6.45) is 65.6. The number of allylic oxidation sites excluding steroid dienone is 6.